The number of Topliss-reactive ketones (excluding diaryl/α,β-unsaturated/α-hetero) is 1. The summed E-state index contributed by atoms with van der Waals surface area (Å²) in [5, 5.41) is 3.28. The minimum absolute atomic E-state index is 0.00125. The van der Waals surface area contributed by atoms with Crippen molar-refractivity contribution in [3.05, 3.63) is 35.4 Å². The lowest BCUT2D eigenvalue weighted by Crippen LogP contribution is -2.43. The Bertz CT molecular complexity index is 380. The van der Waals surface area contributed by atoms with Crippen LogP contribution in [0.25, 0.3) is 0 Å². The van der Waals surface area contributed by atoms with Crippen LogP contribution < -0.4 is 5.32 Å². The molecule has 1 aromatic carbocycles. The van der Waals surface area contributed by atoms with E-state index < -0.39 is 0 Å². The third-order valence-corrected chi connectivity index (χ3v) is 4.16. The fourth-order valence-corrected chi connectivity index (χ4v) is 2.90. The number of carbonyl (C=O) groups excluding carboxylic acids is 1. The summed E-state index contributed by atoms with van der Waals surface area (Å²) in [6.07, 6.45) is 0. The Morgan fingerprint density at radius 3 is 2.59 bits per heavy atom. The molecule has 1 aliphatic heterocycles. The van der Waals surface area contributed by atoms with Crippen molar-refractivity contribution in [2.75, 3.05) is 18.1 Å². The fraction of sp³-hybridized carbons (Fsp3) is 0.500. The second-order valence-corrected chi connectivity index (χ2v) is 5.87. The lowest BCUT2D eigenvalue weighted by atomic mass is 9.98. The molecule has 0 saturated carbocycles. The maximum Gasteiger partial charge on any atom is 0.180 e. The molecule has 1 unspecified atom stereocenters. The normalized spacial score (nSPS) is 20.5. The van der Waals surface area contributed by atoms with Crippen LogP contribution in [-0.2, 0) is 0 Å². The number of rotatable bonds is 3. The number of hydrogen-bond acceptors (Lipinski definition) is 3. The second kappa shape index (κ2) is 5.69. The predicted molar refractivity (Wildman–Crippen MR) is 74.0 cm³/mol. The monoisotopic (exact) mass is 249 g/mol. The first kappa shape index (κ1) is 12.7. The van der Waals surface area contributed by atoms with E-state index in [1.165, 1.54) is 5.56 Å². The summed E-state index contributed by atoms with van der Waals surface area (Å²) in [7, 11) is 0. The van der Waals surface area contributed by atoms with Gasteiger partial charge >= 0.3 is 0 Å². The first-order chi connectivity index (χ1) is 8.18. The van der Waals surface area contributed by atoms with Crippen molar-refractivity contribution >= 4 is 17.5 Å². The summed E-state index contributed by atoms with van der Waals surface area (Å²) in [5.41, 5.74) is 2.11. The maximum absolute atomic E-state index is 12.2. The van der Waals surface area contributed by atoms with E-state index in [9.17, 15) is 4.79 Å². The van der Waals surface area contributed by atoms with Gasteiger partial charge in [0, 0.05) is 23.6 Å². The Labute approximate surface area is 107 Å². The van der Waals surface area contributed by atoms with Crippen molar-refractivity contribution < 1.29 is 4.79 Å². The molecule has 1 fully saturated rings. The molecule has 17 heavy (non-hydrogen) atoms. The molecule has 0 aliphatic carbocycles. The highest BCUT2D eigenvalue weighted by Gasteiger charge is 2.21. The van der Waals surface area contributed by atoms with Gasteiger partial charge in [-0.1, -0.05) is 38.1 Å². The largest absolute Gasteiger partial charge is 0.306 e. The van der Waals surface area contributed by atoms with Crippen molar-refractivity contribution in [1.82, 2.24) is 5.32 Å². The van der Waals surface area contributed by atoms with E-state index in [4.69, 9.17) is 0 Å². The lowest BCUT2D eigenvalue weighted by molar-refractivity contribution is 0.0953. The van der Waals surface area contributed by atoms with Crippen LogP contribution in [0.4, 0.5) is 0 Å². The van der Waals surface area contributed by atoms with E-state index in [0.717, 1.165) is 23.6 Å². The number of nitrogens with one attached hydrogen (secondary N) is 1. The minimum atomic E-state index is -0.00125. The average molecular weight is 249 g/mol. The zero-order valence-electron chi connectivity index (χ0n) is 10.4. The average Bonchev–Trinajstić information content (AvgIpc) is 2.39. The Balaban J connectivity index is 2.08. The van der Waals surface area contributed by atoms with Gasteiger partial charge in [-0.05, 0) is 11.5 Å². The van der Waals surface area contributed by atoms with E-state index >= 15 is 0 Å². The van der Waals surface area contributed by atoms with Crippen molar-refractivity contribution in [3.63, 3.8) is 0 Å². The molecule has 1 N–H and O–H groups in total. The fourth-order valence-electron chi connectivity index (χ4n) is 1.97. The molecule has 0 radical (unpaired) electrons. The molecule has 1 heterocycles. The van der Waals surface area contributed by atoms with Crippen molar-refractivity contribution in [2.45, 2.75) is 25.8 Å². The van der Waals surface area contributed by atoms with Gasteiger partial charge in [0.1, 0.15) is 0 Å². The van der Waals surface area contributed by atoms with Gasteiger partial charge in [0.15, 0.2) is 5.78 Å². The molecule has 0 bridgehead atoms. The maximum atomic E-state index is 12.2. The third-order valence-electron chi connectivity index (χ3n) is 3.10. The highest BCUT2D eigenvalue weighted by Crippen LogP contribution is 2.17. The standard InChI is InChI=1S/C14H19NOS/c1-10(2)11-3-5-12(6-4-11)14(16)13-9-17-8-7-15-13/h3-6,10,13,15H,7-9H2,1-2H3. The Hall–Kier alpha value is -0.800. The summed E-state index contributed by atoms with van der Waals surface area (Å²) in [6.45, 7) is 5.26. The van der Waals surface area contributed by atoms with Crippen LogP contribution in [-0.4, -0.2) is 29.9 Å². The molecule has 0 amide bonds. The van der Waals surface area contributed by atoms with Crippen LogP contribution in [0.15, 0.2) is 24.3 Å². The van der Waals surface area contributed by atoms with E-state index in [1.807, 2.05) is 23.9 Å². The molecule has 2 rings (SSSR count). The summed E-state index contributed by atoms with van der Waals surface area (Å²) >= 11 is 1.85. The highest BCUT2D eigenvalue weighted by atomic mass is 32.2. The van der Waals surface area contributed by atoms with Gasteiger partial charge in [-0.25, -0.2) is 0 Å². The first-order valence-corrected chi connectivity index (χ1v) is 7.29. The predicted octanol–water partition coefficient (Wildman–Crippen LogP) is 2.70. The Kier molecular flexibility index (Phi) is 4.24. The quantitative estimate of drug-likeness (QED) is 0.835. The molecule has 0 aromatic heterocycles. The van der Waals surface area contributed by atoms with Crippen LogP contribution in [0.1, 0.15) is 35.7 Å². The van der Waals surface area contributed by atoms with Crippen LogP contribution in [0.3, 0.4) is 0 Å². The molecule has 1 aliphatic rings. The zero-order valence-corrected chi connectivity index (χ0v) is 11.2. The number of thioether (sulfide) groups is 1. The van der Waals surface area contributed by atoms with Gasteiger partial charge < -0.3 is 5.32 Å². The number of benzene rings is 1. The molecule has 0 spiro atoms. The third kappa shape index (κ3) is 3.11. The van der Waals surface area contributed by atoms with Crippen LogP contribution in [0, 0.1) is 0 Å². The minimum Gasteiger partial charge on any atom is -0.306 e. The van der Waals surface area contributed by atoms with Crippen LogP contribution in [0.5, 0.6) is 0 Å². The van der Waals surface area contributed by atoms with Gasteiger partial charge in [0.25, 0.3) is 0 Å². The molecule has 2 nitrogen and oxygen atoms in total. The van der Waals surface area contributed by atoms with Crippen molar-refractivity contribution in [1.29, 1.82) is 0 Å². The van der Waals surface area contributed by atoms with Gasteiger partial charge in [-0.15, -0.1) is 0 Å². The van der Waals surface area contributed by atoms with Crippen molar-refractivity contribution in [3.8, 4) is 0 Å². The summed E-state index contributed by atoms with van der Waals surface area (Å²) in [4.78, 5) is 12.2. The van der Waals surface area contributed by atoms with E-state index in [-0.39, 0.29) is 11.8 Å². The summed E-state index contributed by atoms with van der Waals surface area (Å²) < 4.78 is 0. The molecular formula is C14H19NOS. The van der Waals surface area contributed by atoms with Crippen LogP contribution in [0.2, 0.25) is 0 Å². The number of hydrogen-bond donors (Lipinski definition) is 1. The lowest BCUT2D eigenvalue weighted by Gasteiger charge is -2.22. The summed E-state index contributed by atoms with van der Waals surface area (Å²) in [6, 6.07) is 8.04. The molecule has 1 atom stereocenters. The van der Waals surface area contributed by atoms with Gasteiger partial charge in [0.05, 0.1) is 6.04 Å². The number of ketones is 1. The van der Waals surface area contributed by atoms with Gasteiger partial charge in [-0.2, -0.15) is 11.8 Å². The highest BCUT2D eigenvalue weighted by molar-refractivity contribution is 7.99. The molecule has 1 saturated heterocycles. The Morgan fingerprint density at radius 2 is 2.06 bits per heavy atom. The second-order valence-electron chi connectivity index (χ2n) is 4.72. The molecule has 1 aromatic rings. The Morgan fingerprint density at radius 1 is 1.35 bits per heavy atom. The van der Waals surface area contributed by atoms with Gasteiger partial charge in [0.2, 0.25) is 0 Å². The topological polar surface area (TPSA) is 29.1 Å². The first-order valence-electron chi connectivity index (χ1n) is 6.14. The number of carbonyl (C=O) groups is 1. The van der Waals surface area contributed by atoms with E-state index in [0.29, 0.717) is 5.92 Å². The van der Waals surface area contributed by atoms with E-state index in [1.54, 1.807) is 0 Å². The summed E-state index contributed by atoms with van der Waals surface area (Å²) in [5.74, 6) is 2.75. The smallest absolute Gasteiger partial charge is 0.180 e. The molecule has 3 heteroatoms. The van der Waals surface area contributed by atoms with E-state index in [2.05, 4.69) is 31.3 Å². The SMILES string of the molecule is CC(C)c1ccc(C(=O)C2CSCCN2)cc1. The van der Waals surface area contributed by atoms with Crippen LogP contribution >= 0.6 is 11.8 Å². The molecule has 92 valence electrons. The van der Waals surface area contributed by atoms with Crippen molar-refractivity contribution in [2.24, 2.45) is 0 Å². The molecular weight excluding hydrogens is 230 g/mol. The van der Waals surface area contributed by atoms with Gasteiger partial charge in [-0.3, -0.25) is 4.79 Å². The zero-order chi connectivity index (χ0) is 12.3.